The first-order valence-electron chi connectivity index (χ1n) is 11.4. The number of rotatable bonds is 9. The Morgan fingerprint density at radius 1 is 0.417 bits per heavy atom. The first-order valence-corrected chi connectivity index (χ1v) is 11.4. The normalized spacial score (nSPS) is 11.1. The monoisotopic (exact) mass is 480 g/mol. The Kier molecular flexibility index (Phi) is 7.87. The third-order valence-corrected chi connectivity index (χ3v) is 4.86. The van der Waals surface area contributed by atoms with Gasteiger partial charge >= 0.3 is 0 Å². The van der Waals surface area contributed by atoms with Gasteiger partial charge in [0.25, 0.3) is 0 Å². The number of hydrogen-bond donors (Lipinski definition) is 0. The largest absolute Gasteiger partial charge is 0.457 e. The average Bonchev–Trinajstić information content (AvgIpc) is 2.89. The Morgan fingerprint density at radius 3 is 0.972 bits per heavy atom. The highest BCUT2D eigenvalue weighted by Gasteiger charge is 2.03. The molecule has 0 spiro atoms. The summed E-state index contributed by atoms with van der Waals surface area (Å²) in [6.07, 6.45) is 0. The first kappa shape index (κ1) is 24.4. The Bertz CT molecular complexity index is 1190. The van der Waals surface area contributed by atoms with E-state index in [1.165, 1.54) is 0 Å². The maximum Gasteiger partial charge on any atom is 0.127 e. The maximum absolute atomic E-state index is 5.95. The fraction of sp³-hybridized carbons (Fsp3) is 0.143. The molecular weight excluding hydrogens is 452 g/mol. The topological polar surface area (TPSA) is 74.4 Å². The second-order valence-electron chi connectivity index (χ2n) is 8.31. The van der Waals surface area contributed by atoms with E-state index in [0.29, 0.717) is 0 Å². The molecule has 0 N–H and O–H groups in total. The predicted molar refractivity (Wildman–Crippen MR) is 141 cm³/mol. The summed E-state index contributed by atoms with van der Waals surface area (Å²) in [4.78, 5) is 0. The van der Waals surface area contributed by atoms with E-state index in [0.717, 1.165) is 45.5 Å². The van der Waals surface area contributed by atoms with Crippen molar-refractivity contribution in [1.82, 2.24) is 10.0 Å². The van der Waals surface area contributed by atoms with Crippen LogP contribution >= 0.6 is 0 Å². The van der Waals surface area contributed by atoms with Crippen molar-refractivity contribution in [2.75, 3.05) is 28.2 Å². The number of benzene rings is 4. The molecule has 0 aromatic heterocycles. The summed E-state index contributed by atoms with van der Waals surface area (Å²) in [5.41, 5.74) is 3.71. The molecule has 8 nitrogen and oxygen atoms in total. The number of ether oxygens (including phenoxy) is 2. The molecule has 0 aliphatic carbocycles. The van der Waals surface area contributed by atoms with Gasteiger partial charge in [0, 0.05) is 28.2 Å². The highest BCUT2D eigenvalue weighted by molar-refractivity contribution is 5.65. The van der Waals surface area contributed by atoms with Crippen LogP contribution in [0.5, 0.6) is 23.0 Å². The van der Waals surface area contributed by atoms with E-state index in [-0.39, 0.29) is 0 Å². The van der Waals surface area contributed by atoms with Gasteiger partial charge in [-0.25, -0.2) is 0 Å². The van der Waals surface area contributed by atoms with Crippen LogP contribution < -0.4 is 9.47 Å². The minimum Gasteiger partial charge on any atom is -0.457 e. The molecule has 0 atom stereocenters. The van der Waals surface area contributed by atoms with Crippen molar-refractivity contribution < 1.29 is 9.47 Å². The van der Waals surface area contributed by atoms with Crippen LogP contribution in [0.2, 0.25) is 0 Å². The molecule has 0 bridgehead atoms. The standard InChI is InChI=1S/C28H28N6O2/c1-33(2)31-29-23-9-17-27(18-10-23)35-25-13-5-21(6-14-25)22-7-15-26(16-8-22)36-28-19-11-24(12-20-28)30-32-34(3)4/h5-20H,1-4H3. The van der Waals surface area contributed by atoms with Gasteiger partial charge in [-0.05, 0) is 83.9 Å². The van der Waals surface area contributed by atoms with Crippen LogP contribution in [0.3, 0.4) is 0 Å². The third-order valence-electron chi connectivity index (χ3n) is 4.86. The van der Waals surface area contributed by atoms with Crippen molar-refractivity contribution in [3.63, 3.8) is 0 Å². The van der Waals surface area contributed by atoms with Crippen LogP contribution in [0.4, 0.5) is 11.4 Å². The summed E-state index contributed by atoms with van der Waals surface area (Å²) < 4.78 is 11.9. The maximum atomic E-state index is 5.95. The van der Waals surface area contributed by atoms with Crippen molar-refractivity contribution in [2.45, 2.75) is 0 Å². The van der Waals surface area contributed by atoms with E-state index in [4.69, 9.17) is 9.47 Å². The number of nitrogens with zero attached hydrogens (tertiary/aromatic N) is 6. The summed E-state index contributed by atoms with van der Waals surface area (Å²) in [5, 5.41) is 19.5. The lowest BCUT2D eigenvalue weighted by Gasteiger charge is -2.09. The zero-order valence-electron chi connectivity index (χ0n) is 20.7. The van der Waals surface area contributed by atoms with E-state index in [9.17, 15) is 0 Å². The lowest BCUT2D eigenvalue weighted by molar-refractivity contribution is 0.408. The van der Waals surface area contributed by atoms with Crippen LogP contribution in [0.1, 0.15) is 0 Å². The lowest BCUT2D eigenvalue weighted by Crippen LogP contribution is -1.98. The predicted octanol–water partition coefficient (Wildman–Crippen LogP) is 8.06. The third kappa shape index (κ3) is 7.14. The summed E-state index contributed by atoms with van der Waals surface area (Å²) in [5.74, 6) is 2.99. The van der Waals surface area contributed by atoms with E-state index in [1.807, 2.05) is 125 Å². The van der Waals surface area contributed by atoms with Gasteiger partial charge in [-0.15, -0.1) is 10.2 Å². The molecule has 4 aromatic carbocycles. The molecule has 4 rings (SSSR count). The Morgan fingerprint density at radius 2 is 0.694 bits per heavy atom. The van der Waals surface area contributed by atoms with Gasteiger partial charge in [0.05, 0.1) is 11.4 Å². The molecule has 8 heteroatoms. The van der Waals surface area contributed by atoms with Gasteiger partial charge in [-0.1, -0.05) is 34.7 Å². The zero-order valence-corrected chi connectivity index (χ0v) is 20.7. The summed E-state index contributed by atoms with van der Waals surface area (Å²) >= 11 is 0. The first-order chi connectivity index (χ1) is 17.4. The fourth-order valence-corrected chi connectivity index (χ4v) is 3.15. The Hall–Kier alpha value is -4.72. The Labute approximate surface area is 211 Å². The van der Waals surface area contributed by atoms with Crippen LogP contribution in [-0.2, 0) is 0 Å². The van der Waals surface area contributed by atoms with Gasteiger partial charge in [-0.2, -0.15) is 0 Å². The minimum atomic E-state index is 0.738. The molecule has 0 aliphatic rings. The van der Waals surface area contributed by atoms with Crippen molar-refractivity contribution >= 4 is 11.4 Å². The fourth-order valence-electron chi connectivity index (χ4n) is 3.15. The number of hydrogen-bond acceptors (Lipinski definition) is 6. The van der Waals surface area contributed by atoms with Crippen LogP contribution in [-0.4, -0.2) is 38.2 Å². The van der Waals surface area contributed by atoms with Gasteiger partial charge in [-0.3, -0.25) is 10.0 Å². The SMILES string of the molecule is CN(C)N=Nc1ccc(Oc2ccc(-c3ccc(Oc4ccc(N=NN(C)C)cc4)cc3)cc2)cc1. The summed E-state index contributed by atoms with van der Waals surface area (Å²) in [6.45, 7) is 0. The van der Waals surface area contributed by atoms with Gasteiger partial charge < -0.3 is 9.47 Å². The second kappa shape index (κ2) is 11.6. The van der Waals surface area contributed by atoms with Crippen LogP contribution in [0.25, 0.3) is 11.1 Å². The molecule has 0 saturated heterocycles. The molecule has 0 aliphatic heterocycles. The second-order valence-corrected chi connectivity index (χ2v) is 8.31. The van der Waals surface area contributed by atoms with Gasteiger partial charge in [0.2, 0.25) is 0 Å². The van der Waals surface area contributed by atoms with E-state index in [1.54, 1.807) is 10.0 Å². The molecule has 0 unspecified atom stereocenters. The zero-order chi connectivity index (χ0) is 25.3. The van der Waals surface area contributed by atoms with Crippen LogP contribution in [0.15, 0.2) is 118 Å². The molecule has 182 valence electrons. The highest BCUT2D eigenvalue weighted by Crippen LogP contribution is 2.30. The van der Waals surface area contributed by atoms with Crippen molar-refractivity contribution in [1.29, 1.82) is 0 Å². The summed E-state index contributed by atoms with van der Waals surface area (Å²) in [6, 6.07) is 30.9. The van der Waals surface area contributed by atoms with Crippen molar-refractivity contribution in [3.05, 3.63) is 97.1 Å². The quantitative estimate of drug-likeness (QED) is 0.179. The molecular formula is C28H28N6O2. The summed E-state index contributed by atoms with van der Waals surface area (Å²) in [7, 11) is 7.31. The molecule has 4 aromatic rings. The van der Waals surface area contributed by atoms with Gasteiger partial charge in [0.15, 0.2) is 0 Å². The van der Waals surface area contributed by atoms with Crippen molar-refractivity contribution in [3.8, 4) is 34.1 Å². The molecule has 0 heterocycles. The van der Waals surface area contributed by atoms with E-state index < -0.39 is 0 Å². The Balaban J connectivity index is 1.35. The van der Waals surface area contributed by atoms with Crippen molar-refractivity contribution in [2.24, 2.45) is 20.7 Å². The molecule has 0 saturated carbocycles. The van der Waals surface area contributed by atoms with E-state index >= 15 is 0 Å². The average molecular weight is 481 g/mol. The molecule has 0 fully saturated rings. The molecule has 0 radical (unpaired) electrons. The smallest absolute Gasteiger partial charge is 0.127 e. The van der Waals surface area contributed by atoms with Crippen LogP contribution in [0, 0.1) is 0 Å². The minimum absolute atomic E-state index is 0.738. The van der Waals surface area contributed by atoms with E-state index in [2.05, 4.69) is 20.7 Å². The lowest BCUT2D eigenvalue weighted by atomic mass is 10.1. The van der Waals surface area contributed by atoms with Gasteiger partial charge in [0.1, 0.15) is 23.0 Å². The highest BCUT2D eigenvalue weighted by atomic mass is 16.5. The molecule has 0 amide bonds. The molecule has 36 heavy (non-hydrogen) atoms.